The van der Waals surface area contributed by atoms with Gasteiger partial charge in [-0.3, -0.25) is 0 Å². The summed E-state index contributed by atoms with van der Waals surface area (Å²) in [5.74, 6) is 1.08. The third-order valence-corrected chi connectivity index (χ3v) is 5.62. The molecule has 21 heavy (non-hydrogen) atoms. The maximum atomic E-state index is 12.5. The summed E-state index contributed by atoms with van der Waals surface area (Å²) in [6, 6.07) is 1.47. The highest BCUT2D eigenvalue weighted by Gasteiger charge is 2.28. The van der Waals surface area contributed by atoms with E-state index in [1.807, 2.05) is 6.92 Å². The lowest BCUT2D eigenvalue weighted by Gasteiger charge is -2.22. The number of sulfonamides is 1. The zero-order valence-electron chi connectivity index (χ0n) is 12.9. The highest BCUT2D eigenvalue weighted by atomic mass is 32.2. The van der Waals surface area contributed by atoms with Crippen LogP contribution in [0.15, 0.2) is 21.6 Å². The molecule has 1 saturated heterocycles. The van der Waals surface area contributed by atoms with Crippen LogP contribution in [0.1, 0.15) is 32.8 Å². The summed E-state index contributed by atoms with van der Waals surface area (Å²) in [4.78, 5) is 0.134. The second kappa shape index (κ2) is 6.48. The van der Waals surface area contributed by atoms with Gasteiger partial charge in [-0.05, 0) is 11.8 Å². The van der Waals surface area contributed by atoms with E-state index in [4.69, 9.17) is 13.9 Å². The summed E-state index contributed by atoms with van der Waals surface area (Å²) in [5, 5.41) is 0. The molecule has 1 aliphatic rings. The normalized spacial score (nSPS) is 18.8. The van der Waals surface area contributed by atoms with E-state index >= 15 is 0 Å². The lowest BCUT2D eigenvalue weighted by Crippen LogP contribution is -2.32. The van der Waals surface area contributed by atoms with Gasteiger partial charge in [0.15, 0.2) is 5.76 Å². The summed E-state index contributed by atoms with van der Waals surface area (Å²) in [5.41, 5.74) is 0. The lowest BCUT2D eigenvalue weighted by molar-refractivity contribution is -0.0588. The van der Waals surface area contributed by atoms with Crippen molar-refractivity contribution in [3.63, 3.8) is 0 Å². The van der Waals surface area contributed by atoms with Gasteiger partial charge in [-0.25, -0.2) is 12.7 Å². The highest BCUT2D eigenvalue weighted by Crippen LogP contribution is 2.28. The van der Waals surface area contributed by atoms with Gasteiger partial charge < -0.3 is 13.9 Å². The van der Waals surface area contributed by atoms with Gasteiger partial charge in [-0.15, -0.1) is 0 Å². The molecule has 1 atom stereocenters. The Kier molecular flexibility index (Phi) is 5.08. The Morgan fingerprint density at radius 1 is 1.29 bits per heavy atom. The fourth-order valence-corrected chi connectivity index (χ4v) is 3.24. The van der Waals surface area contributed by atoms with Gasteiger partial charge in [0.25, 0.3) is 0 Å². The molecular formula is C14H23NO5S. The van der Waals surface area contributed by atoms with Gasteiger partial charge in [-0.1, -0.05) is 20.8 Å². The molecular weight excluding hydrogens is 294 g/mol. The van der Waals surface area contributed by atoms with Crippen LogP contribution in [0.5, 0.6) is 0 Å². The standard InChI is InChI=1S/C14H23NO5S/c1-10(2)11(3)8-15(4)21(16,17)12-7-13(20-9-12)14-18-5-6-19-14/h7,9-11,14H,5-6,8H2,1-4H3. The SMILES string of the molecule is CC(C)C(C)CN(C)S(=O)(=O)c1coc(C2OCCO2)c1. The number of rotatable bonds is 6. The lowest BCUT2D eigenvalue weighted by atomic mass is 9.98. The van der Waals surface area contributed by atoms with Crippen molar-refractivity contribution in [1.82, 2.24) is 4.31 Å². The van der Waals surface area contributed by atoms with Gasteiger partial charge in [0, 0.05) is 19.7 Å². The van der Waals surface area contributed by atoms with Crippen molar-refractivity contribution in [2.45, 2.75) is 32.0 Å². The molecule has 1 aromatic heterocycles. The van der Waals surface area contributed by atoms with E-state index in [0.717, 1.165) is 0 Å². The van der Waals surface area contributed by atoms with Crippen LogP contribution < -0.4 is 0 Å². The molecule has 1 aromatic rings. The molecule has 120 valence electrons. The highest BCUT2D eigenvalue weighted by molar-refractivity contribution is 7.89. The quantitative estimate of drug-likeness (QED) is 0.805. The maximum absolute atomic E-state index is 12.5. The third-order valence-electron chi connectivity index (χ3n) is 3.84. The van der Waals surface area contributed by atoms with E-state index < -0.39 is 16.3 Å². The first-order valence-electron chi connectivity index (χ1n) is 7.10. The zero-order chi connectivity index (χ0) is 15.6. The summed E-state index contributed by atoms with van der Waals surface area (Å²) in [6.07, 6.45) is 0.639. The summed E-state index contributed by atoms with van der Waals surface area (Å²) < 4.78 is 42.2. The van der Waals surface area contributed by atoms with Crippen molar-refractivity contribution in [2.24, 2.45) is 11.8 Å². The fourth-order valence-electron chi connectivity index (χ4n) is 2.01. The third kappa shape index (κ3) is 3.66. The maximum Gasteiger partial charge on any atom is 0.246 e. The van der Waals surface area contributed by atoms with E-state index in [9.17, 15) is 8.42 Å². The van der Waals surface area contributed by atoms with Crippen LogP contribution in [0.2, 0.25) is 0 Å². The van der Waals surface area contributed by atoms with Crippen molar-refractivity contribution < 1.29 is 22.3 Å². The zero-order valence-corrected chi connectivity index (χ0v) is 13.7. The number of nitrogens with zero attached hydrogens (tertiary/aromatic N) is 1. The molecule has 0 aliphatic carbocycles. The van der Waals surface area contributed by atoms with Gasteiger partial charge in [0.05, 0.1) is 13.2 Å². The Balaban J connectivity index is 2.11. The molecule has 1 fully saturated rings. The molecule has 2 rings (SSSR count). The van der Waals surface area contributed by atoms with Crippen molar-refractivity contribution >= 4 is 10.0 Å². The molecule has 0 saturated carbocycles. The summed E-state index contributed by atoms with van der Waals surface area (Å²) in [6.45, 7) is 7.64. The van der Waals surface area contributed by atoms with Crippen LogP contribution in [0.3, 0.4) is 0 Å². The fraction of sp³-hybridized carbons (Fsp3) is 0.714. The minimum absolute atomic E-state index is 0.134. The first-order valence-corrected chi connectivity index (χ1v) is 8.54. The molecule has 0 radical (unpaired) electrons. The Labute approximate surface area is 126 Å². The molecule has 0 aromatic carbocycles. The number of hydrogen-bond acceptors (Lipinski definition) is 5. The second-order valence-electron chi connectivity index (χ2n) is 5.77. The minimum Gasteiger partial charge on any atom is -0.462 e. The van der Waals surface area contributed by atoms with Crippen molar-refractivity contribution in [1.29, 1.82) is 0 Å². The topological polar surface area (TPSA) is 69.0 Å². The van der Waals surface area contributed by atoms with Gasteiger partial charge >= 0.3 is 0 Å². The second-order valence-corrected chi connectivity index (χ2v) is 7.81. The van der Waals surface area contributed by atoms with Crippen LogP contribution in [0.25, 0.3) is 0 Å². The molecule has 6 nitrogen and oxygen atoms in total. The smallest absolute Gasteiger partial charge is 0.246 e. The van der Waals surface area contributed by atoms with E-state index in [0.29, 0.717) is 31.4 Å². The Morgan fingerprint density at radius 3 is 2.48 bits per heavy atom. The van der Waals surface area contributed by atoms with E-state index in [2.05, 4.69) is 13.8 Å². The van der Waals surface area contributed by atoms with E-state index in [-0.39, 0.29) is 10.8 Å². The number of hydrogen-bond donors (Lipinski definition) is 0. The van der Waals surface area contributed by atoms with Gasteiger partial charge in [0.1, 0.15) is 11.2 Å². The van der Waals surface area contributed by atoms with Crippen molar-refractivity contribution in [3.8, 4) is 0 Å². The first kappa shape index (κ1) is 16.5. The van der Waals surface area contributed by atoms with Crippen LogP contribution >= 0.6 is 0 Å². The molecule has 1 unspecified atom stereocenters. The Morgan fingerprint density at radius 2 is 1.90 bits per heavy atom. The molecule has 0 amide bonds. The van der Waals surface area contributed by atoms with Gasteiger partial charge in [0.2, 0.25) is 16.3 Å². The molecule has 7 heteroatoms. The molecule has 0 N–H and O–H groups in total. The van der Waals surface area contributed by atoms with Gasteiger partial charge in [-0.2, -0.15) is 0 Å². The monoisotopic (exact) mass is 317 g/mol. The predicted octanol–water partition coefficient (Wildman–Crippen LogP) is 2.24. The summed E-state index contributed by atoms with van der Waals surface area (Å²) >= 11 is 0. The van der Waals surface area contributed by atoms with Crippen LogP contribution in [0, 0.1) is 11.8 Å². The summed E-state index contributed by atoms with van der Waals surface area (Å²) in [7, 11) is -1.96. The Bertz CT molecular complexity index is 560. The molecule has 2 heterocycles. The largest absolute Gasteiger partial charge is 0.462 e. The van der Waals surface area contributed by atoms with E-state index in [1.54, 1.807) is 7.05 Å². The van der Waals surface area contributed by atoms with Crippen LogP contribution in [0.4, 0.5) is 0 Å². The Hall–Kier alpha value is -0.890. The average molecular weight is 317 g/mol. The van der Waals surface area contributed by atoms with Crippen molar-refractivity contribution in [3.05, 3.63) is 18.1 Å². The molecule has 0 bridgehead atoms. The minimum atomic E-state index is -3.55. The van der Waals surface area contributed by atoms with E-state index in [1.165, 1.54) is 16.6 Å². The van der Waals surface area contributed by atoms with Crippen LogP contribution in [-0.4, -0.2) is 39.5 Å². The molecule has 0 spiro atoms. The number of ether oxygens (including phenoxy) is 2. The average Bonchev–Trinajstić information content (AvgIpc) is 3.09. The predicted molar refractivity (Wildman–Crippen MR) is 77.2 cm³/mol. The van der Waals surface area contributed by atoms with Crippen LogP contribution in [-0.2, 0) is 19.5 Å². The molecule has 1 aliphatic heterocycles. The number of furan rings is 1. The van der Waals surface area contributed by atoms with Crippen molar-refractivity contribution in [2.75, 3.05) is 26.8 Å². The first-order chi connectivity index (χ1) is 9.82.